The van der Waals surface area contributed by atoms with Crippen LogP contribution in [-0.2, 0) is 6.18 Å². The lowest BCUT2D eigenvalue weighted by atomic mass is 10.2. The van der Waals surface area contributed by atoms with Gasteiger partial charge in [-0.25, -0.2) is 0 Å². The van der Waals surface area contributed by atoms with Crippen molar-refractivity contribution in [1.82, 2.24) is 10.2 Å². The van der Waals surface area contributed by atoms with Gasteiger partial charge in [0.2, 0.25) is 5.89 Å². The Morgan fingerprint density at radius 3 is 2.50 bits per heavy atom. The van der Waals surface area contributed by atoms with Crippen LogP contribution in [0.3, 0.4) is 0 Å². The number of nitrogens with zero attached hydrogens (tertiary/aromatic N) is 2. The van der Waals surface area contributed by atoms with Crippen molar-refractivity contribution in [1.29, 1.82) is 0 Å². The molecule has 0 saturated heterocycles. The fourth-order valence-corrected chi connectivity index (χ4v) is 1.13. The van der Waals surface area contributed by atoms with Crippen molar-refractivity contribution in [3.8, 4) is 11.5 Å². The molecule has 7 heteroatoms. The maximum atomic E-state index is 12.2. The first-order chi connectivity index (χ1) is 7.47. The minimum atomic E-state index is -4.63. The minimum absolute atomic E-state index is 0.209. The van der Waals surface area contributed by atoms with E-state index < -0.39 is 12.1 Å². The number of aromatic nitrogens is 2. The lowest BCUT2D eigenvalue weighted by Crippen LogP contribution is -2.04. The van der Waals surface area contributed by atoms with Gasteiger partial charge in [-0.05, 0) is 18.2 Å². The van der Waals surface area contributed by atoms with E-state index in [4.69, 9.17) is 5.73 Å². The SMILES string of the molecule is Nc1cccc(-c2nnc(C(F)(F)F)o2)c1. The van der Waals surface area contributed by atoms with E-state index in [0.717, 1.165) is 0 Å². The Morgan fingerprint density at radius 1 is 1.19 bits per heavy atom. The Balaban J connectivity index is 2.39. The fourth-order valence-electron chi connectivity index (χ4n) is 1.13. The molecule has 0 aliphatic heterocycles. The molecule has 4 nitrogen and oxygen atoms in total. The Bertz CT molecular complexity index is 507. The Kier molecular flexibility index (Phi) is 2.30. The molecule has 1 heterocycles. The maximum absolute atomic E-state index is 12.2. The molecule has 0 fully saturated rings. The zero-order valence-corrected chi connectivity index (χ0v) is 7.82. The third kappa shape index (κ3) is 1.97. The summed E-state index contributed by atoms with van der Waals surface area (Å²) in [6, 6.07) is 6.17. The van der Waals surface area contributed by atoms with Crippen molar-refractivity contribution in [2.75, 3.05) is 5.73 Å². The molecule has 2 N–H and O–H groups in total. The second-order valence-corrected chi connectivity index (χ2v) is 3.04. The predicted octanol–water partition coefficient (Wildman–Crippen LogP) is 2.34. The van der Waals surface area contributed by atoms with Crippen LogP contribution >= 0.6 is 0 Å². The van der Waals surface area contributed by atoms with Crippen molar-refractivity contribution >= 4 is 5.69 Å². The Labute approximate surface area is 87.9 Å². The summed E-state index contributed by atoms with van der Waals surface area (Å²) in [6.07, 6.45) is -4.63. The molecule has 0 aliphatic carbocycles. The lowest BCUT2D eigenvalue weighted by molar-refractivity contribution is -0.156. The molecule has 0 aliphatic rings. The first-order valence-corrected chi connectivity index (χ1v) is 4.23. The number of nitrogen functional groups attached to an aromatic ring is 1. The average Bonchev–Trinajstić information content (AvgIpc) is 2.65. The van der Waals surface area contributed by atoms with Gasteiger partial charge in [-0.3, -0.25) is 0 Å². The monoisotopic (exact) mass is 229 g/mol. The Hall–Kier alpha value is -2.05. The third-order valence-electron chi connectivity index (χ3n) is 1.80. The number of halogens is 3. The van der Waals surface area contributed by atoms with Gasteiger partial charge in [0, 0.05) is 11.3 Å². The first kappa shape index (κ1) is 10.5. The molecule has 0 spiro atoms. The van der Waals surface area contributed by atoms with E-state index in [9.17, 15) is 13.2 Å². The van der Waals surface area contributed by atoms with E-state index in [2.05, 4.69) is 14.6 Å². The van der Waals surface area contributed by atoms with Gasteiger partial charge in [0.1, 0.15) is 0 Å². The van der Waals surface area contributed by atoms with Crippen LogP contribution in [0.5, 0.6) is 0 Å². The van der Waals surface area contributed by atoms with Crippen molar-refractivity contribution in [2.24, 2.45) is 0 Å². The van der Waals surface area contributed by atoms with Crippen molar-refractivity contribution in [2.45, 2.75) is 6.18 Å². The van der Waals surface area contributed by atoms with E-state index in [1.54, 1.807) is 12.1 Å². The zero-order chi connectivity index (χ0) is 11.8. The van der Waals surface area contributed by atoms with Crippen LogP contribution in [0.4, 0.5) is 18.9 Å². The van der Waals surface area contributed by atoms with Crippen molar-refractivity contribution in [3.63, 3.8) is 0 Å². The highest BCUT2D eigenvalue weighted by Crippen LogP contribution is 2.30. The van der Waals surface area contributed by atoms with Crippen LogP contribution in [0, 0.1) is 0 Å². The molecule has 0 bridgehead atoms. The summed E-state index contributed by atoms with van der Waals surface area (Å²) >= 11 is 0. The molecule has 0 unspecified atom stereocenters. The Morgan fingerprint density at radius 2 is 1.94 bits per heavy atom. The van der Waals surface area contributed by atoms with E-state index >= 15 is 0 Å². The van der Waals surface area contributed by atoms with Crippen LogP contribution in [0.15, 0.2) is 28.7 Å². The van der Waals surface area contributed by atoms with Gasteiger partial charge < -0.3 is 10.2 Å². The zero-order valence-electron chi connectivity index (χ0n) is 7.82. The van der Waals surface area contributed by atoms with Gasteiger partial charge in [-0.15, -0.1) is 10.2 Å². The van der Waals surface area contributed by atoms with Gasteiger partial charge in [0.15, 0.2) is 0 Å². The molecule has 0 atom stereocenters. The van der Waals surface area contributed by atoms with Crippen molar-refractivity contribution in [3.05, 3.63) is 30.2 Å². The minimum Gasteiger partial charge on any atom is -0.413 e. The number of rotatable bonds is 1. The molecule has 2 rings (SSSR count). The normalized spacial score (nSPS) is 11.7. The van der Waals surface area contributed by atoms with Gasteiger partial charge in [0.05, 0.1) is 0 Å². The van der Waals surface area contributed by atoms with Crippen LogP contribution in [0.1, 0.15) is 5.89 Å². The van der Waals surface area contributed by atoms with Crippen LogP contribution in [0.2, 0.25) is 0 Å². The third-order valence-corrected chi connectivity index (χ3v) is 1.80. The van der Waals surface area contributed by atoms with E-state index in [1.807, 2.05) is 0 Å². The van der Waals surface area contributed by atoms with E-state index in [0.29, 0.717) is 11.3 Å². The molecule has 16 heavy (non-hydrogen) atoms. The number of benzene rings is 1. The summed E-state index contributed by atoms with van der Waals surface area (Å²) in [5, 5.41) is 6.21. The largest absolute Gasteiger partial charge is 0.470 e. The molecule has 2 aromatic rings. The maximum Gasteiger partial charge on any atom is 0.470 e. The number of nitrogens with two attached hydrogens (primary N) is 1. The molecule has 0 radical (unpaired) electrons. The summed E-state index contributed by atoms with van der Waals surface area (Å²) in [4.78, 5) is 0. The number of alkyl halides is 3. The summed E-state index contributed by atoms with van der Waals surface area (Å²) in [7, 11) is 0. The number of hydrogen-bond donors (Lipinski definition) is 1. The second kappa shape index (κ2) is 3.51. The number of hydrogen-bond acceptors (Lipinski definition) is 4. The fraction of sp³-hybridized carbons (Fsp3) is 0.111. The predicted molar refractivity (Wildman–Crippen MR) is 49.1 cm³/mol. The molecular weight excluding hydrogens is 223 g/mol. The van der Waals surface area contributed by atoms with E-state index in [-0.39, 0.29) is 5.89 Å². The molecule has 1 aromatic carbocycles. The summed E-state index contributed by atoms with van der Waals surface area (Å²) in [5.74, 6) is -1.58. The standard InChI is InChI=1S/C9H6F3N3O/c10-9(11,12)8-15-14-7(16-8)5-2-1-3-6(13)4-5/h1-4H,13H2. The van der Waals surface area contributed by atoms with Gasteiger partial charge in [0.25, 0.3) is 0 Å². The topological polar surface area (TPSA) is 64.9 Å². The smallest absolute Gasteiger partial charge is 0.413 e. The second-order valence-electron chi connectivity index (χ2n) is 3.04. The van der Waals surface area contributed by atoms with Crippen LogP contribution < -0.4 is 5.73 Å². The lowest BCUT2D eigenvalue weighted by Gasteiger charge is -1.98. The molecule has 84 valence electrons. The summed E-state index contributed by atoms with van der Waals surface area (Å²) < 4.78 is 41.0. The molecule has 0 amide bonds. The van der Waals surface area contributed by atoms with Crippen molar-refractivity contribution < 1.29 is 17.6 Å². The highest BCUT2D eigenvalue weighted by molar-refractivity contribution is 5.59. The van der Waals surface area contributed by atoms with Crippen LogP contribution in [0.25, 0.3) is 11.5 Å². The highest BCUT2D eigenvalue weighted by Gasteiger charge is 2.38. The quantitative estimate of drug-likeness (QED) is 0.762. The van der Waals surface area contributed by atoms with Gasteiger partial charge in [-0.1, -0.05) is 6.07 Å². The summed E-state index contributed by atoms with van der Waals surface area (Å²) in [5.41, 5.74) is 6.23. The highest BCUT2D eigenvalue weighted by atomic mass is 19.4. The number of anilines is 1. The van der Waals surface area contributed by atoms with Crippen LogP contribution in [-0.4, -0.2) is 10.2 Å². The molecule has 1 aromatic heterocycles. The first-order valence-electron chi connectivity index (χ1n) is 4.23. The summed E-state index contributed by atoms with van der Waals surface area (Å²) in [6.45, 7) is 0. The molecule has 0 saturated carbocycles. The average molecular weight is 229 g/mol. The van der Waals surface area contributed by atoms with E-state index in [1.165, 1.54) is 12.1 Å². The van der Waals surface area contributed by atoms with Gasteiger partial charge in [-0.2, -0.15) is 13.2 Å². The van der Waals surface area contributed by atoms with Gasteiger partial charge >= 0.3 is 12.1 Å². The molecular formula is C9H6F3N3O.